The second-order valence-electron chi connectivity index (χ2n) is 6.35. The molecule has 136 valence electrons. The van der Waals surface area contributed by atoms with Gasteiger partial charge < -0.3 is 15.7 Å². The van der Waals surface area contributed by atoms with E-state index in [1.807, 2.05) is 6.07 Å². The predicted molar refractivity (Wildman–Crippen MR) is 116 cm³/mol. The van der Waals surface area contributed by atoms with Crippen molar-refractivity contribution in [3.05, 3.63) is 35.9 Å². The first-order valence-electron chi connectivity index (χ1n) is 8.44. The van der Waals surface area contributed by atoms with Crippen molar-refractivity contribution in [3.8, 4) is 0 Å². The Labute approximate surface area is 167 Å². The lowest BCUT2D eigenvalue weighted by Crippen LogP contribution is -2.45. The van der Waals surface area contributed by atoms with Crippen molar-refractivity contribution in [3.63, 3.8) is 0 Å². The summed E-state index contributed by atoms with van der Waals surface area (Å²) >= 11 is 1.80. The minimum Gasteiger partial charge on any atom is -0.387 e. The van der Waals surface area contributed by atoms with E-state index in [1.54, 1.807) is 11.8 Å². The van der Waals surface area contributed by atoms with Crippen LogP contribution in [0.1, 0.15) is 38.7 Å². The van der Waals surface area contributed by atoms with Crippen LogP contribution in [0.25, 0.3) is 0 Å². The smallest absolute Gasteiger partial charge is 0.191 e. The maximum Gasteiger partial charge on any atom is 0.191 e. The number of benzene rings is 1. The first-order valence-corrected chi connectivity index (χ1v) is 9.59. The second-order valence-corrected chi connectivity index (χ2v) is 7.46. The number of aliphatic imine (C=N–C) groups is 1. The summed E-state index contributed by atoms with van der Waals surface area (Å²) in [6.07, 6.45) is 0.830. The van der Waals surface area contributed by atoms with E-state index in [-0.39, 0.29) is 30.0 Å². The maximum atomic E-state index is 10.4. The van der Waals surface area contributed by atoms with Gasteiger partial charge in [0, 0.05) is 24.3 Å². The van der Waals surface area contributed by atoms with Crippen LogP contribution in [-0.2, 0) is 0 Å². The number of nitrogens with zero attached hydrogens (tertiary/aromatic N) is 1. The average molecular weight is 463 g/mol. The zero-order valence-electron chi connectivity index (χ0n) is 14.8. The minimum absolute atomic E-state index is 0. The van der Waals surface area contributed by atoms with Crippen molar-refractivity contribution in [2.45, 2.75) is 44.8 Å². The Morgan fingerprint density at radius 2 is 2.04 bits per heavy atom. The molecule has 1 aliphatic rings. The Bertz CT molecular complexity index is 506. The minimum atomic E-state index is -0.638. The van der Waals surface area contributed by atoms with Gasteiger partial charge in [0.1, 0.15) is 0 Å². The van der Waals surface area contributed by atoms with E-state index >= 15 is 0 Å². The first-order chi connectivity index (χ1) is 11.0. The molecule has 1 fully saturated rings. The van der Waals surface area contributed by atoms with Gasteiger partial charge in [-0.05, 0) is 31.6 Å². The molecule has 1 heterocycles. The Kier molecular flexibility index (Phi) is 9.44. The van der Waals surface area contributed by atoms with Gasteiger partial charge in [-0.3, -0.25) is 4.99 Å². The van der Waals surface area contributed by atoms with Crippen molar-refractivity contribution < 1.29 is 5.11 Å². The third kappa shape index (κ3) is 6.44. The Hall–Kier alpha value is -0.470. The summed E-state index contributed by atoms with van der Waals surface area (Å²) in [5.41, 5.74) is 0.676. The summed E-state index contributed by atoms with van der Waals surface area (Å²) in [5.74, 6) is 2.97. The fourth-order valence-corrected chi connectivity index (χ4v) is 3.94. The molecule has 3 unspecified atom stereocenters. The van der Waals surface area contributed by atoms with E-state index in [9.17, 15) is 5.11 Å². The number of guanidine groups is 1. The molecule has 6 heteroatoms. The molecule has 3 N–H and O–H groups in total. The van der Waals surface area contributed by atoms with E-state index in [0.29, 0.717) is 12.5 Å². The van der Waals surface area contributed by atoms with Gasteiger partial charge in [-0.1, -0.05) is 37.3 Å². The Morgan fingerprint density at radius 3 is 2.62 bits per heavy atom. The van der Waals surface area contributed by atoms with E-state index in [2.05, 4.69) is 60.7 Å². The number of thioether (sulfide) groups is 1. The molecule has 0 radical (unpaired) electrons. The van der Waals surface area contributed by atoms with Gasteiger partial charge in [-0.2, -0.15) is 11.8 Å². The highest BCUT2D eigenvalue weighted by Gasteiger charge is 2.31. The topological polar surface area (TPSA) is 56.7 Å². The number of halogens is 1. The molecule has 0 bridgehead atoms. The van der Waals surface area contributed by atoms with Crippen molar-refractivity contribution in [2.24, 2.45) is 4.99 Å². The monoisotopic (exact) mass is 463 g/mol. The molecular weight excluding hydrogens is 433 g/mol. The maximum absolute atomic E-state index is 10.4. The molecule has 3 atom stereocenters. The molecule has 1 saturated heterocycles. The lowest BCUT2D eigenvalue weighted by molar-refractivity contribution is 0.0778. The highest BCUT2D eigenvalue weighted by Crippen LogP contribution is 2.27. The summed E-state index contributed by atoms with van der Waals surface area (Å²) in [6, 6.07) is 10.8. The fourth-order valence-electron chi connectivity index (χ4n) is 2.65. The second kappa shape index (κ2) is 10.5. The van der Waals surface area contributed by atoms with Crippen LogP contribution >= 0.6 is 35.7 Å². The normalized spacial score (nSPS) is 23.2. The van der Waals surface area contributed by atoms with Crippen LogP contribution in [0.3, 0.4) is 0 Å². The zero-order valence-corrected chi connectivity index (χ0v) is 17.9. The molecule has 24 heavy (non-hydrogen) atoms. The van der Waals surface area contributed by atoms with E-state index < -0.39 is 5.60 Å². The van der Waals surface area contributed by atoms with Gasteiger partial charge in [0.2, 0.25) is 0 Å². The third-order valence-corrected chi connectivity index (χ3v) is 5.63. The van der Waals surface area contributed by atoms with Crippen LogP contribution < -0.4 is 10.6 Å². The molecule has 0 saturated carbocycles. The Morgan fingerprint density at radius 1 is 1.33 bits per heavy atom. The molecule has 0 aliphatic carbocycles. The largest absolute Gasteiger partial charge is 0.387 e. The van der Waals surface area contributed by atoms with Gasteiger partial charge in [0.25, 0.3) is 0 Å². The van der Waals surface area contributed by atoms with Crippen molar-refractivity contribution in [1.29, 1.82) is 0 Å². The first kappa shape index (κ1) is 21.6. The van der Waals surface area contributed by atoms with Crippen molar-refractivity contribution in [1.82, 2.24) is 10.6 Å². The predicted octanol–water partition coefficient (Wildman–Crippen LogP) is 3.22. The number of aliphatic hydroxyl groups is 1. The molecule has 1 aromatic carbocycles. The molecule has 0 amide bonds. The quantitative estimate of drug-likeness (QED) is 0.345. The summed E-state index contributed by atoms with van der Waals surface area (Å²) in [7, 11) is 0. The Balaban J connectivity index is 0.00000288. The van der Waals surface area contributed by atoms with Crippen LogP contribution in [0.2, 0.25) is 0 Å². The lowest BCUT2D eigenvalue weighted by Gasteiger charge is -2.25. The van der Waals surface area contributed by atoms with Gasteiger partial charge in [-0.15, -0.1) is 24.0 Å². The van der Waals surface area contributed by atoms with E-state index in [1.165, 1.54) is 5.56 Å². The summed E-state index contributed by atoms with van der Waals surface area (Å²) < 4.78 is 0. The number of rotatable bonds is 6. The van der Waals surface area contributed by atoms with Gasteiger partial charge in [-0.25, -0.2) is 0 Å². The fraction of sp³-hybridized carbons (Fsp3) is 0.611. The molecule has 0 aromatic heterocycles. The molecule has 1 aliphatic heterocycles. The number of hydrogen-bond acceptors (Lipinski definition) is 3. The molecule has 0 spiro atoms. The summed E-state index contributed by atoms with van der Waals surface area (Å²) in [4.78, 5) is 4.61. The molecule has 2 rings (SSSR count). The molecular formula is C18H30IN3OS. The third-order valence-electron chi connectivity index (χ3n) is 4.40. The number of hydrogen-bond donors (Lipinski definition) is 3. The van der Waals surface area contributed by atoms with Gasteiger partial charge in [0.05, 0.1) is 12.1 Å². The van der Waals surface area contributed by atoms with Gasteiger partial charge in [0.15, 0.2) is 5.96 Å². The van der Waals surface area contributed by atoms with Crippen LogP contribution in [-0.4, -0.2) is 47.3 Å². The highest BCUT2D eigenvalue weighted by molar-refractivity contribution is 14.0. The lowest BCUT2D eigenvalue weighted by atomic mass is 9.94. The van der Waals surface area contributed by atoms with E-state index in [4.69, 9.17) is 0 Å². The van der Waals surface area contributed by atoms with Crippen LogP contribution in [0, 0.1) is 0 Å². The van der Waals surface area contributed by atoms with E-state index in [0.717, 1.165) is 30.4 Å². The highest BCUT2D eigenvalue weighted by atomic mass is 127. The summed E-state index contributed by atoms with van der Waals surface area (Å²) in [6.45, 7) is 7.72. The van der Waals surface area contributed by atoms with Gasteiger partial charge >= 0.3 is 0 Å². The molecule has 1 aromatic rings. The van der Waals surface area contributed by atoms with Crippen LogP contribution in [0.15, 0.2) is 35.3 Å². The van der Waals surface area contributed by atoms with Crippen LogP contribution in [0.4, 0.5) is 0 Å². The standard InChI is InChI=1S/C18H29N3OS.HI/c1-4-19-17(20-12-18(22)10-11-23-13-18)21-15(3)14(2)16-8-6-5-7-9-16;/h5-9,14-15,22H,4,10-13H2,1-3H3,(H2,19,20,21);1H. The van der Waals surface area contributed by atoms with Crippen LogP contribution in [0.5, 0.6) is 0 Å². The SMILES string of the molecule is CCNC(=NCC1(O)CCSC1)NC(C)C(C)c1ccccc1.I. The van der Waals surface area contributed by atoms with Crippen molar-refractivity contribution >= 4 is 41.7 Å². The summed E-state index contributed by atoms with van der Waals surface area (Å²) in [5, 5.41) is 17.2. The number of nitrogens with one attached hydrogen (secondary N) is 2. The zero-order chi connectivity index (χ0) is 16.7. The molecule has 4 nitrogen and oxygen atoms in total. The van der Waals surface area contributed by atoms with Crippen molar-refractivity contribution in [2.75, 3.05) is 24.6 Å². The average Bonchev–Trinajstić information content (AvgIpc) is 3.00.